The molecular formula is C22H20N2O5. The summed E-state index contributed by atoms with van der Waals surface area (Å²) in [5.41, 5.74) is 0.742. The van der Waals surface area contributed by atoms with E-state index in [1.165, 1.54) is 4.90 Å². The van der Waals surface area contributed by atoms with Gasteiger partial charge in [-0.05, 0) is 24.6 Å². The molecule has 7 nitrogen and oxygen atoms in total. The van der Waals surface area contributed by atoms with Gasteiger partial charge in [0.05, 0.1) is 17.2 Å². The number of rotatable bonds is 3. The lowest BCUT2D eigenvalue weighted by Crippen LogP contribution is -2.48. The number of Topliss-reactive ketones (excluding diaryl/α,β-unsaturated/α-hetero) is 1. The Morgan fingerprint density at radius 2 is 1.66 bits per heavy atom. The zero-order chi connectivity index (χ0) is 20.2. The van der Waals surface area contributed by atoms with Gasteiger partial charge in [0.1, 0.15) is 5.78 Å². The molecule has 3 amide bonds. The van der Waals surface area contributed by atoms with Crippen LogP contribution in [0.1, 0.15) is 47.0 Å². The van der Waals surface area contributed by atoms with Crippen LogP contribution in [-0.2, 0) is 19.9 Å². The minimum Gasteiger partial charge on any atom is -0.356 e. The average molecular weight is 392 g/mol. The standard InChI is InChI=1S/C22H18N2O5.H2/c25-13-11-14(9-10-24-19(26)15-5-1-2-6-16(15)20(24)27)29-22(12-13)17-7-3-4-8-18(17)23-21(22)28;/h1-8,14H,9-12H2,(H,23,28);1H/t14-,22+;/m1./s1. The Morgan fingerprint density at radius 3 is 2.38 bits per heavy atom. The number of hydrogen-bond acceptors (Lipinski definition) is 5. The monoisotopic (exact) mass is 392 g/mol. The number of nitrogens with zero attached hydrogens (tertiary/aromatic N) is 1. The number of anilines is 1. The number of ketones is 1. The number of fused-ring (bicyclic) bond motifs is 3. The predicted molar refractivity (Wildman–Crippen MR) is 104 cm³/mol. The van der Waals surface area contributed by atoms with Crippen LogP contribution < -0.4 is 5.32 Å². The Morgan fingerprint density at radius 1 is 1.00 bits per heavy atom. The lowest BCUT2D eigenvalue weighted by atomic mass is 9.84. The van der Waals surface area contributed by atoms with E-state index < -0.39 is 11.7 Å². The number of ether oxygens (including phenoxy) is 1. The van der Waals surface area contributed by atoms with E-state index in [2.05, 4.69) is 5.32 Å². The predicted octanol–water partition coefficient (Wildman–Crippen LogP) is 2.51. The average Bonchev–Trinajstić information content (AvgIpc) is 3.12. The first-order valence-corrected chi connectivity index (χ1v) is 9.55. The van der Waals surface area contributed by atoms with Crippen LogP contribution in [0, 0.1) is 0 Å². The summed E-state index contributed by atoms with van der Waals surface area (Å²) in [6, 6.07) is 13.9. The maximum atomic E-state index is 12.7. The second kappa shape index (κ2) is 6.35. The maximum Gasteiger partial charge on any atom is 0.261 e. The van der Waals surface area contributed by atoms with Crippen LogP contribution in [0.15, 0.2) is 48.5 Å². The molecule has 2 aromatic rings. The zero-order valence-corrected chi connectivity index (χ0v) is 15.5. The Balaban J connectivity index is 0.00000218. The number of imide groups is 1. The second-order valence-electron chi connectivity index (χ2n) is 7.58. The molecule has 0 radical (unpaired) electrons. The normalized spacial score (nSPS) is 25.4. The fourth-order valence-corrected chi connectivity index (χ4v) is 4.43. The van der Waals surface area contributed by atoms with Crippen molar-refractivity contribution < 1.29 is 25.3 Å². The summed E-state index contributed by atoms with van der Waals surface area (Å²) < 4.78 is 6.17. The molecule has 0 saturated carbocycles. The zero-order valence-electron chi connectivity index (χ0n) is 15.5. The van der Waals surface area contributed by atoms with Crippen molar-refractivity contribution in [2.45, 2.75) is 31.0 Å². The molecule has 3 aliphatic rings. The van der Waals surface area contributed by atoms with Gasteiger partial charge in [-0.25, -0.2) is 0 Å². The van der Waals surface area contributed by atoms with E-state index in [4.69, 9.17) is 4.74 Å². The minimum absolute atomic E-state index is 0. The number of amides is 3. The fraction of sp³-hybridized carbons (Fsp3) is 0.273. The topological polar surface area (TPSA) is 92.8 Å². The molecule has 2 aromatic carbocycles. The third-order valence-electron chi connectivity index (χ3n) is 5.80. The quantitative estimate of drug-likeness (QED) is 0.811. The van der Waals surface area contributed by atoms with Crippen LogP contribution in [0.25, 0.3) is 0 Å². The first-order valence-electron chi connectivity index (χ1n) is 9.55. The van der Waals surface area contributed by atoms with Gasteiger partial charge >= 0.3 is 0 Å². The Labute approximate surface area is 168 Å². The number of benzene rings is 2. The maximum absolute atomic E-state index is 12.7. The van der Waals surface area contributed by atoms with Crippen molar-refractivity contribution in [1.29, 1.82) is 0 Å². The first kappa shape index (κ1) is 17.8. The van der Waals surface area contributed by atoms with Gasteiger partial charge < -0.3 is 10.1 Å². The SMILES string of the molecule is O=C1C[C@@H](CCN2C(=O)c3ccccc3C2=O)O[C@]2(C1)C(=O)Nc1ccccc12.[HH]. The summed E-state index contributed by atoms with van der Waals surface area (Å²) in [5.74, 6) is -1.11. The van der Waals surface area contributed by atoms with E-state index in [9.17, 15) is 19.2 Å². The smallest absolute Gasteiger partial charge is 0.261 e. The van der Waals surface area contributed by atoms with Crippen molar-refractivity contribution in [2.75, 3.05) is 11.9 Å². The summed E-state index contributed by atoms with van der Waals surface area (Å²) in [5, 5.41) is 2.79. The molecular weight excluding hydrogens is 372 g/mol. The van der Waals surface area contributed by atoms with Crippen LogP contribution in [0.2, 0.25) is 0 Å². The molecule has 5 rings (SSSR count). The summed E-state index contributed by atoms with van der Waals surface area (Å²) in [4.78, 5) is 51.5. The summed E-state index contributed by atoms with van der Waals surface area (Å²) >= 11 is 0. The van der Waals surface area contributed by atoms with Crippen molar-refractivity contribution in [3.8, 4) is 0 Å². The Hall–Kier alpha value is -3.32. The third-order valence-corrected chi connectivity index (χ3v) is 5.80. The van der Waals surface area contributed by atoms with Gasteiger partial charge in [-0.3, -0.25) is 24.1 Å². The summed E-state index contributed by atoms with van der Waals surface area (Å²) in [6.07, 6.45) is -0.133. The van der Waals surface area contributed by atoms with E-state index in [0.29, 0.717) is 22.4 Å². The van der Waals surface area contributed by atoms with E-state index in [1.807, 2.05) is 6.07 Å². The van der Waals surface area contributed by atoms with Crippen LogP contribution >= 0.6 is 0 Å². The van der Waals surface area contributed by atoms with E-state index in [1.54, 1.807) is 42.5 Å². The molecule has 3 aliphatic heterocycles. The van der Waals surface area contributed by atoms with Gasteiger partial charge in [0.25, 0.3) is 17.7 Å². The number of carbonyl (C=O) groups is 4. The van der Waals surface area contributed by atoms with E-state index in [-0.39, 0.29) is 50.7 Å². The number of nitrogens with one attached hydrogen (secondary N) is 1. The van der Waals surface area contributed by atoms with Crippen LogP contribution in [0.4, 0.5) is 5.69 Å². The lowest BCUT2D eigenvalue weighted by Gasteiger charge is -2.36. The fourth-order valence-electron chi connectivity index (χ4n) is 4.43. The van der Waals surface area contributed by atoms with Crippen LogP contribution in [-0.4, -0.2) is 41.1 Å². The summed E-state index contributed by atoms with van der Waals surface area (Å²) in [7, 11) is 0. The van der Waals surface area contributed by atoms with Crippen molar-refractivity contribution in [3.63, 3.8) is 0 Å². The van der Waals surface area contributed by atoms with Gasteiger partial charge in [0.15, 0.2) is 5.60 Å². The molecule has 2 atom stereocenters. The van der Waals surface area contributed by atoms with Crippen LogP contribution in [0.3, 0.4) is 0 Å². The molecule has 0 bridgehead atoms. The number of hydrogen-bond donors (Lipinski definition) is 1. The van der Waals surface area contributed by atoms with Crippen molar-refractivity contribution in [3.05, 3.63) is 65.2 Å². The molecule has 0 aliphatic carbocycles. The Bertz CT molecular complexity index is 1050. The lowest BCUT2D eigenvalue weighted by molar-refractivity contribution is -0.170. The molecule has 0 unspecified atom stereocenters. The largest absolute Gasteiger partial charge is 0.356 e. The van der Waals surface area contributed by atoms with Gasteiger partial charge in [0.2, 0.25) is 0 Å². The molecule has 3 heterocycles. The molecule has 7 heteroatoms. The highest BCUT2D eigenvalue weighted by Crippen LogP contribution is 2.45. The molecule has 29 heavy (non-hydrogen) atoms. The van der Waals surface area contributed by atoms with Crippen LogP contribution in [0.5, 0.6) is 0 Å². The third kappa shape index (κ3) is 2.61. The molecule has 1 N–H and O–H groups in total. The van der Waals surface area contributed by atoms with Gasteiger partial charge in [-0.1, -0.05) is 30.3 Å². The van der Waals surface area contributed by atoms with E-state index in [0.717, 1.165) is 0 Å². The molecule has 148 valence electrons. The Kier molecular flexibility index (Phi) is 3.89. The first-order chi connectivity index (χ1) is 14.0. The van der Waals surface area contributed by atoms with Crippen molar-refractivity contribution >= 4 is 29.2 Å². The molecule has 1 spiro atoms. The highest BCUT2D eigenvalue weighted by atomic mass is 16.5. The highest BCUT2D eigenvalue weighted by molar-refractivity contribution is 6.21. The van der Waals surface area contributed by atoms with E-state index >= 15 is 0 Å². The van der Waals surface area contributed by atoms with Crippen molar-refractivity contribution in [2.24, 2.45) is 0 Å². The van der Waals surface area contributed by atoms with Gasteiger partial charge in [-0.15, -0.1) is 0 Å². The number of para-hydroxylation sites is 1. The number of carbonyl (C=O) groups excluding carboxylic acids is 4. The van der Waals surface area contributed by atoms with Crippen molar-refractivity contribution in [1.82, 2.24) is 4.90 Å². The molecule has 1 fully saturated rings. The highest BCUT2D eigenvalue weighted by Gasteiger charge is 2.53. The van der Waals surface area contributed by atoms with Gasteiger partial charge in [-0.2, -0.15) is 0 Å². The minimum atomic E-state index is -1.33. The molecule has 1 saturated heterocycles. The molecule has 0 aromatic heterocycles. The summed E-state index contributed by atoms with van der Waals surface area (Å²) in [6.45, 7) is 0.129. The second-order valence-corrected chi connectivity index (χ2v) is 7.58. The van der Waals surface area contributed by atoms with Gasteiger partial charge in [0, 0.05) is 32.1 Å².